The van der Waals surface area contributed by atoms with E-state index in [2.05, 4.69) is 0 Å². The van der Waals surface area contributed by atoms with Crippen molar-refractivity contribution in [2.24, 2.45) is 0 Å². The number of hydrogen-bond donors (Lipinski definition) is 0. The number of nitrogens with zero attached hydrogens (tertiary/aromatic N) is 6. The third-order valence-electron chi connectivity index (χ3n) is 8.29. The molecule has 3 heterocycles. The van der Waals surface area contributed by atoms with Gasteiger partial charge in [-0.25, -0.2) is 0 Å². The lowest BCUT2D eigenvalue weighted by Crippen LogP contribution is -2.46. The van der Waals surface area contributed by atoms with Crippen LogP contribution < -0.4 is 30.8 Å². The van der Waals surface area contributed by atoms with Crippen LogP contribution in [0.5, 0.6) is 0 Å². The summed E-state index contributed by atoms with van der Waals surface area (Å²) in [5, 5.41) is 0.975. The zero-order valence-corrected chi connectivity index (χ0v) is 23.7. The average Bonchev–Trinajstić information content (AvgIpc) is 3.11. The van der Waals surface area contributed by atoms with Crippen molar-refractivity contribution in [3.63, 3.8) is 0 Å². The number of hydrogen-bond acceptors (Lipinski definition) is 8. The van der Waals surface area contributed by atoms with Crippen molar-refractivity contribution in [3.8, 4) is 11.4 Å². The Balaban J connectivity index is 1.61. The van der Waals surface area contributed by atoms with Gasteiger partial charge in [0.25, 0.3) is 0 Å². The molecule has 0 aliphatic carbocycles. The summed E-state index contributed by atoms with van der Waals surface area (Å²) >= 11 is 0. The Kier molecular flexibility index (Phi) is 5.27. The smallest absolute Gasteiger partial charge is 0.285 e. The van der Waals surface area contributed by atoms with Gasteiger partial charge in [0.1, 0.15) is 11.4 Å². The maximum Gasteiger partial charge on any atom is 0.347 e. The molecular weight excluding hydrogens is 580 g/mol. The molecule has 0 fully saturated rings. The fourth-order valence-corrected chi connectivity index (χ4v) is 6.18. The number of rotatable bonds is 2. The number of benzene rings is 6. The minimum atomic E-state index is -0.431. The Morgan fingerprint density at radius 2 is 0.565 bits per heavy atom. The highest BCUT2D eigenvalue weighted by Crippen LogP contribution is 2.19. The first kappa shape index (κ1) is 25.8. The van der Waals surface area contributed by atoms with E-state index in [0.717, 1.165) is 0 Å². The van der Waals surface area contributed by atoms with Crippen LogP contribution in [0.25, 0.3) is 77.6 Å². The summed E-state index contributed by atoms with van der Waals surface area (Å²) in [6.45, 7) is 0. The van der Waals surface area contributed by atoms with E-state index < -0.39 is 21.7 Å². The van der Waals surface area contributed by atoms with Crippen LogP contribution in [0, 0.1) is 0 Å². The third-order valence-corrected chi connectivity index (χ3v) is 8.29. The van der Waals surface area contributed by atoms with Gasteiger partial charge in [-0.15, -0.1) is 0 Å². The molecule has 6 aromatic carbocycles. The quantitative estimate of drug-likeness (QED) is 0.220. The van der Waals surface area contributed by atoms with Crippen LogP contribution in [0.2, 0.25) is 0 Å². The maximum absolute atomic E-state index is 13.8. The van der Waals surface area contributed by atoms with Crippen molar-refractivity contribution in [2.45, 2.75) is 0 Å². The fourth-order valence-electron chi connectivity index (χ4n) is 6.18. The van der Waals surface area contributed by atoms with Crippen molar-refractivity contribution >= 4 is 66.2 Å². The van der Waals surface area contributed by atoms with Crippen LogP contribution >= 0.6 is 0 Å². The molecular formula is C36H18N6O4+2. The summed E-state index contributed by atoms with van der Waals surface area (Å²) in [6.07, 6.45) is 0. The monoisotopic (exact) mass is 598 g/mol. The maximum atomic E-state index is 13.8. The molecule has 0 spiro atoms. The van der Waals surface area contributed by atoms with Gasteiger partial charge < -0.3 is 0 Å². The predicted molar refractivity (Wildman–Crippen MR) is 173 cm³/mol. The first-order valence-electron chi connectivity index (χ1n) is 14.4. The molecule has 10 heteroatoms. The first-order chi connectivity index (χ1) is 22.5. The molecule has 10 nitrogen and oxygen atoms in total. The molecule has 9 aromatic rings. The summed E-state index contributed by atoms with van der Waals surface area (Å²) in [5.74, 6) is 0. The van der Waals surface area contributed by atoms with Crippen LogP contribution in [-0.4, -0.2) is 19.9 Å². The van der Waals surface area contributed by atoms with Crippen molar-refractivity contribution < 1.29 is 9.13 Å². The van der Waals surface area contributed by atoms with E-state index in [-0.39, 0.29) is 66.2 Å². The first-order valence-corrected chi connectivity index (χ1v) is 14.4. The summed E-state index contributed by atoms with van der Waals surface area (Å²) < 4.78 is 3.31. The molecule has 214 valence electrons. The van der Waals surface area contributed by atoms with E-state index in [1.54, 1.807) is 57.7 Å². The second-order valence-corrected chi connectivity index (χ2v) is 10.9. The topological polar surface area (TPSA) is 128 Å². The Morgan fingerprint density at radius 3 is 0.826 bits per heavy atom. The number of aromatic nitrogens is 6. The van der Waals surface area contributed by atoms with E-state index in [4.69, 9.17) is 19.9 Å². The molecule has 0 unspecified atom stereocenters. The van der Waals surface area contributed by atoms with E-state index in [0.29, 0.717) is 11.4 Å². The minimum absolute atomic E-state index is 0.0917. The average molecular weight is 599 g/mol. The third kappa shape index (κ3) is 3.46. The molecule has 9 rings (SSSR count). The summed E-state index contributed by atoms with van der Waals surface area (Å²) in [6, 6.07) is 31.4. The Labute approximate surface area is 256 Å². The molecule has 3 aromatic heterocycles. The van der Waals surface area contributed by atoms with Crippen LogP contribution in [0.3, 0.4) is 0 Å². The van der Waals surface area contributed by atoms with E-state index >= 15 is 0 Å². The van der Waals surface area contributed by atoms with Gasteiger partial charge in [0.2, 0.25) is 43.8 Å². The lowest BCUT2D eigenvalue weighted by molar-refractivity contribution is -0.587. The van der Waals surface area contributed by atoms with Crippen molar-refractivity contribution in [1.29, 1.82) is 0 Å². The fraction of sp³-hybridized carbons (Fsp3) is 0. The number of fused-ring (bicyclic) bond motifs is 6. The van der Waals surface area contributed by atoms with Crippen LogP contribution in [0.15, 0.2) is 128 Å². The van der Waals surface area contributed by atoms with E-state index in [9.17, 15) is 19.2 Å². The molecule has 0 saturated carbocycles. The molecule has 0 N–H and O–H groups in total. The Hall–Kier alpha value is -6.68. The van der Waals surface area contributed by atoms with Gasteiger partial charge in [0.05, 0.1) is 0 Å². The van der Waals surface area contributed by atoms with Gasteiger partial charge >= 0.3 is 22.6 Å². The highest BCUT2D eigenvalue weighted by atomic mass is 16.1. The zero-order valence-electron chi connectivity index (χ0n) is 23.7. The molecule has 0 aliphatic rings. The Morgan fingerprint density at radius 1 is 0.326 bits per heavy atom. The molecule has 0 radical (unpaired) electrons. The van der Waals surface area contributed by atoms with Crippen LogP contribution in [0.4, 0.5) is 0 Å². The second kappa shape index (κ2) is 9.41. The van der Waals surface area contributed by atoms with Gasteiger partial charge in [-0.05, 0) is 24.3 Å². The zero-order chi connectivity index (χ0) is 31.1. The predicted octanol–water partition coefficient (Wildman–Crippen LogP) is 3.06. The van der Waals surface area contributed by atoms with Crippen LogP contribution in [0.1, 0.15) is 0 Å². The minimum Gasteiger partial charge on any atom is -0.285 e. The van der Waals surface area contributed by atoms with Gasteiger partial charge in [0.15, 0.2) is 0 Å². The van der Waals surface area contributed by atoms with E-state index in [1.807, 2.05) is 60.7 Å². The van der Waals surface area contributed by atoms with Gasteiger partial charge in [-0.2, -0.15) is 9.13 Å². The summed E-state index contributed by atoms with van der Waals surface area (Å²) in [4.78, 5) is 74.4. The van der Waals surface area contributed by atoms with Gasteiger partial charge in [-0.1, -0.05) is 105 Å². The summed E-state index contributed by atoms with van der Waals surface area (Å²) in [5.41, 5.74) is -0.113. The van der Waals surface area contributed by atoms with Crippen molar-refractivity contribution in [2.75, 3.05) is 0 Å². The Bertz CT molecular complexity index is 2630. The van der Waals surface area contributed by atoms with E-state index in [1.165, 1.54) is 0 Å². The van der Waals surface area contributed by atoms with Crippen molar-refractivity contribution in [3.05, 3.63) is 150 Å². The standard InChI is InChI=1S/C36H18N6O4/c43-29-21-15-7-9-17-23(21)31(45)27-25(29)37-33-35(39-27)42(20-13-5-2-6-14-20)36-34(41(33)19-11-3-1-4-12-19)38-26-28(40-36)32(46)24-18-10-8-16-22(24)30(26)44/h1-18H/q+2. The molecule has 0 saturated heterocycles. The lowest BCUT2D eigenvalue weighted by atomic mass is 10.1. The largest absolute Gasteiger partial charge is 0.347 e. The molecule has 0 atom stereocenters. The summed E-state index contributed by atoms with van der Waals surface area (Å²) in [7, 11) is 0. The van der Waals surface area contributed by atoms with Gasteiger partial charge in [0, 0.05) is 21.5 Å². The van der Waals surface area contributed by atoms with Gasteiger partial charge in [-0.3, -0.25) is 19.2 Å². The molecule has 0 aliphatic heterocycles. The molecule has 0 amide bonds. The molecule has 0 bridgehead atoms. The number of para-hydroxylation sites is 2. The van der Waals surface area contributed by atoms with Crippen molar-refractivity contribution in [1.82, 2.24) is 19.9 Å². The SMILES string of the molecule is O=c1c2ccccc2c(=O)c2nc3c(nc12)[n+](-c1ccccc1)c1nc2c(=O)c4ccccc4c(=O)c2nc1[n+]3-c1ccccc1. The second-order valence-electron chi connectivity index (χ2n) is 10.9. The molecule has 46 heavy (non-hydrogen) atoms. The van der Waals surface area contributed by atoms with Crippen LogP contribution in [-0.2, 0) is 0 Å². The highest BCUT2D eigenvalue weighted by Gasteiger charge is 2.34. The highest BCUT2D eigenvalue weighted by molar-refractivity contribution is 5.97. The lowest BCUT2D eigenvalue weighted by Gasteiger charge is -2.09. The normalized spacial score (nSPS) is 11.8.